The van der Waals surface area contributed by atoms with E-state index in [1.807, 2.05) is 13.8 Å². The fourth-order valence-corrected chi connectivity index (χ4v) is 6.11. The number of benzene rings is 1. The van der Waals surface area contributed by atoms with Crippen molar-refractivity contribution in [1.29, 1.82) is 0 Å². The molecule has 8 heteroatoms. The molecule has 1 aromatic rings. The van der Waals surface area contributed by atoms with Gasteiger partial charge in [0, 0.05) is 29.2 Å². The molecular formula is C13H17ClN2O2S3. The van der Waals surface area contributed by atoms with Gasteiger partial charge in [0.1, 0.15) is 9.88 Å². The van der Waals surface area contributed by atoms with Gasteiger partial charge < -0.3 is 5.73 Å². The number of rotatable bonds is 3. The Morgan fingerprint density at radius 2 is 1.95 bits per heavy atom. The molecule has 1 aromatic carbocycles. The van der Waals surface area contributed by atoms with Crippen LogP contribution in [0.2, 0.25) is 5.02 Å². The Morgan fingerprint density at radius 3 is 2.43 bits per heavy atom. The second kappa shape index (κ2) is 6.42. The average Bonchev–Trinajstić information content (AvgIpc) is 2.36. The number of nitrogens with zero attached hydrogens (tertiary/aromatic N) is 1. The smallest absolute Gasteiger partial charge is 0.244 e. The third-order valence-corrected chi connectivity index (χ3v) is 7.00. The molecule has 2 atom stereocenters. The van der Waals surface area contributed by atoms with Crippen molar-refractivity contribution in [2.75, 3.05) is 13.1 Å². The van der Waals surface area contributed by atoms with E-state index in [0.29, 0.717) is 18.7 Å². The second-order valence-corrected chi connectivity index (χ2v) is 9.72. The zero-order valence-corrected chi connectivity index (χ0v) is 15.0. The van der Waals surface area contributed by atoms with Crippen LogP contribution in [0.5, 0.6) is 0 Å². The van der Waals surface area contributed by atoms with E-state index in [4.69, 9.17) is 29.6 Å². The molecule has 2 N–H and O–H groups in total. The Bertz CT molecular complexity index is 653. The van der Waals surface area contributed by atoms with Gasteiger partial charge in [0.15, 0.2) is 0 Å². The van der Waals surface area contributed by atoms with Crippen LogP contribution in [0, 0.1) is 0 Å². The Hall–Kier alpha value is -0.340. The van der Waals surface area contributed by atoms with Gasteiger partial charge in [-0.25, -0.2) is 8.42 Å². The second-order valence-electron chi connectivity index (χ2n) is 5.09. The van der Waals surface area contributed by atoms with E-state index in [-0.39, 0.29) is 25.4 Å². The molecule has 21 heavy (non-hydrogen) atoms. The van der Waals surface area contributed by atoms with Gasteiger partial charge in [0.2, 0.25) is 10.0 Å². The first-order chi connectivity index (χ1) is 9.71. The number of halogens is 1. The summed E-state index contributed by atoms with van der Waals surface area (Å²) in [5.74, 6) is 0. The fraction of sp³-hybridized carbons (Fsp3) is 0.462. The minimum Gasteiger partial charge on any atom is -0.389 e. The topological polar surface area (TPSA) is 63.4 Å². The maximum absolute atomic E-state index is 12.7. The van der Waals surface area contributed by atoms with Crippen LogP contribution >= 0.6 is 35.6 Å². The van der Waals surface area contributed by atoms with Crippen LogP contribution < -0.4 is 5.73 Å². The number of hydrogen-bond acceptors (Lipinski definition) is 4. The molecule has 1 saturated heterocycles. The third kappa shape index (κ3) is 3.71. The lowest BCUT2D eigenvalue weighted by Crippen LogP contribution is -2.44. The summed E-state index contributed by atoms with van der Waals surface area (Å²) in [6.45, 7) is 5.04. The first-order valence-electron chi connectivity index (χ1n) is 6.46. The van der Waals surface area contributed by atoms with Gasteiger partial charge in [-0.3, -0.25) is 0 Å². The Labute approximate surface area is 140 Å². The van der Waals surface area contributed by atoms with Crippen molar-refractivity contribution >= 4 is 50.6 Å². The largest absolute Gasteiger partial charge is 0.389 e. The molecule has 0 bridgehead atoms. The van der Waals surface area contributed by atoms with Gasteiger partial charge in [-0.1, -0.05) is 43.7 Å². The first-order valence-corrected chi connectivity index (χ1v) is 9.63. The average molecular weight is 365 g/mol. The number of thioether (sulfide) groups is 1. The van der Waals surface area contributed by atoms with Gasteiger partial charge in [-0.15, -0.1) is 0 Å². The van der Waals surface area contributed by atoms with Crippen LogP contribution in [-0.2, 0) is 10.0 Å². The van der Waals surface area contributed by atoms with Crippen LogP contribution in [0.1, 0.15) is 19.4 Å². The lowest BCUT2D eigenvalue weighted by atomic mass is 10.2. The predicted octanol–water partition coefficient (Wildman–Crippen LogP) is 2.49. The lowest BCUT2D eigenvalue weighted by molar-refractivity contribution is 0.405. The van der Waals surface area contributed by atoms with Crippen molar-refractivity contribution in [2.24, 2.45) is 5.73 Å². The summed E-state index contributed by atoms with van der Waals surface area (Å²) in [4.78, 5) is 0.299. The van der Waals surface area contributed by atoms with Crippen LogP contribution in [0.15, 0.2) is 23.1 Å². The van der Waals surface area contributed by atoms with Gasteiger partial charge in [-0.2, -0.15) is 16.1 Å². The maximum Gasteiger partial charge on any atom is 0.244 e. The minimum atomic E-state index is -3.60. The Morgan fingerprint density at radius 1 is 1.38 bits per heavy atom. The fourth-order valence-electron chi connectivity index (χ4n) is 2.33. The molecule has 1 aliphatic heterocycles. The van der Waals surface area contributed by atoms with Gasteiger partial charge >= 0.3 is 0 Å². The Balaban J connectivity index is 2.37. The van der Waals surface area contributed by atoms with E-state index >= 15 is 0 Å². The van der Waals surface area contributed by atoms with Crippen molar-refractivity contribution in [3.63, 3.8) is 0 Å². The summed E-state index contributed by atoms with van der Waals surface area (Å²) in [7, 11) is -3.60. The van der Waals surface area contributed by atoms with E-state index in [1.165, 1.54) is 16.4 Å². The molecule has 116 valence electrons. The highest BCUT2D eigenvalue weighted by Gasteiger charge is 2.33. The molecule has 0 saturated carbocycles. The van der Waals surface area contributed by atoms with Crippen LogP contribution in [0.25, 0.3) is 0 Å². The van der Waals surface area contributed by atoms with Gasteiger partial charge in [0.05, 0.1) is 5.02 Å². The van der Waals surface area contributed by atoms with Gasteiger partial charge in [-0.05, 0) is 12.1 Å². The van der Waals surface area contributed by atoms with Crippen molar-refractivity contribution < 1.29 is 8.42 Å². The summed E-state index contributed by atoms with van der Waals surface area (Å²) in [6, 6.07) is 4.57. The Kier molecular flexibility index (Phi) is 5.20. The minimum absolute atomic E-state index is 0.107. The third-order valence-electron chi connectivity index (χ3n) is 3.22. The monoisotopic (exact) mass is 364 g/mol. The van der Waals surface area contributed by atoms with Crippen molar-refractivity contribution in [2.45, 2.75) is 29.2 Å². The highest BCUT2D eigenvalue weighted by atomic mass is 35.5. The van der Waals surface area contributed by atoms with E-state index in [2.05, 4.69) is 0 Å². The van der Waals surface area contributed by atoms with Crippen molar-refractivity contribution in [1.82, 2.24) is 4.31 Å². The number of thiocarbonyl (C=S) groups is 1. The first kappa shape index (κ1) is 17.0. The molecule has 0 spiro atoms. The molecular weight excluding hydrogens is 348 g/mol. The normalized spacial score (nSPS) is 24.0. The zero-order valence-electron chi connectivity index (χ0n) is 11.7. The maximum atomic E-state index is 12.7. The quantitative estimate of drug-likeness (QED) is 0.835. The molecule has 0 aromatic heterocycles. The molecule has 0 radical (unpaired) electrons. The summed E-state index contributed by atoms with van der Waals surface area (Å²) in [5.41, 5.74) is 6.09. The van der Waals surface area contributed by atoms with Gasteiger partial charge in [0.25, 0.3) is 0 Å². The summed E-state index contributed by atoms with van der Waals surface area (Å²) >= 11 is 12.8. The predicted molar refractivity (Wildman–Crippen MR) is 92.6 cm³/mol. The SMILES string of the molecule is CC1CN(S(=O)(=O)c2ccc(C(N)=S)cc2Cl)CC(C)S1. The highest BCUT2D eigenvalue weighted by molar-refractivity contribution is 8.00. The lowest BCUT2D eigenvalue weighted by Gasteiger charge is -2.33. The number of sulfonamides is 1. The summed E-state index contributed by atoms with van der Waals surface area (Å²) in [6.07, 6.45) is 0. The highest BCUT2D eigenvalue weighted by Crippen LogP contribution is 2.31. The molecule has 2 rings (SSSR count). The van der Waals surface area contributed by atoms with Crippen molar-refractivity contribution in [3.8, 4) is 0 Å². The molecule has 1 heterocycles. The molecule has 0 amide bonds. The summed E-state index contributed by atoms with van der Waals surface area (Å²) in [5, 5.41) is 0.676. The van der Waals surface area contributed by atoms with Crippen molar-refractivity contribution in [3.05, 3.63) is 28.8 Å². The molecule has 1 fully saturated rings. The standard InChI is InChI=1S/C13H17ClN2O2S3/c1-8-6-16(7-9(2)20-8)21(17,18)12-4-3-10(13(15)19)5-11(12)14/h3-5,8-9H,6-7H2,1-2H3,(H2,15,19). The molecule has 1 aliphatic rings. The molecule has 0 aliphatic carbocycles. The number of nitrogens with two attached hydrogens (primary N) is 1. The van der Waals surface area contributed by atoms with E-state index in [1.54, 1.807) is 17.8 Å². The zero-order chi connectivity index (χ0) is 15.8. The van der Waals surface area contributed by atoms with E-state index < -0.39 is 10.0 Å². The van der Waals surface area contributed by atoms with E-state index in [0.717, 1.165) is 0 Å². The van der Waals surface area contributed by atoms with Crippen LogP contribution in [0.3, 0.4) is 0 Å². The number of hydrogen-bond donors (Lipinski definition) is 1. The summed E-state index contributed by atoms with van der Waals surface area (Å²) < 4.78 is 27.0. The van der Waals surface area contributed by atoms with Crippen LogP contribution in [-0.4, -0.2) is 41.3 Å². The van der Waals surface area contributed by atoms with E-state index in [9.17, 15) is 8.42 Å². The molecule has 4 nitrogen and oxygen atoms in total. The molecule has 2 unspecified atom stereocenters. The van der Waals surface area contributed by atoms with Crippen LogP contribution in [0.4, 0.5) is 0 Å².